The van der Waals surface area contributed by atoms with E-state index in [4.69, 9.17) is 16.9 Å². The second kappa shape index (κ2) is 4.38. The van der Waals surface area contributed by atoms with Gasteiger partial charge in [0.25, 0.3) is 0 Å². The fourth-order valence-corrected chi connectivity index (χ4v) is 2.11. The van der Waals surface area contributed by atoms with Crippen LogP contribution >= 0.6 is 11.6 Å². The molecule has 100 valence electrons. The normalized spacial score (nSPS) is 11.8. The maximum atomic E-state index is 12.5. The summed E-state index contributed by atoms with van der Waals surface area (Å²) >= 11 is 5.95. The molecule has 8 heteroatoms. The predicted molar refractivity (Wildman–Crippen MR) is 61.9 cm³/mol. The highest BCUT2D eigenvalue weighted by Gasteiger charge is 2.31. The highest BCUT2D eigenvalue weighted by molar-refractivity contribution is 6.30. The maximum absolute atomic E-state index is 12.5. The van der Waals surface area contributed by atoms with Crippen LogP contribution in [-0.4, -0.2) is 20.8 Å². The molecule has 2 heterocycles. The SMILES string of the molecule is Cc1nc2c(C#N)c(C)nn2c(Cl)c1CC(F)(F)F. The summed E-state index contributed by atoms with van der Waals surface area (Å²) in [6, 6.07) is 1.91. The van der Waals surface area contributed by atoms with Crippen molar-refractivity contribution in [1.29, 1.82) is 5.26 Å². The number of fused-ring (bicyclic) bond motifs is 1. The number of rotatable bonds is 1. The Morgan fingerprint density at radius 1 is 1.32 bits per heavy atom. The number of halogens is 4. The van der Waals surface area contributed by atoms with Crippen molar-refractivity contribution in [2.75, 3.05) is 0 Å². The zero-order valence-corrected chi connectivity index (χ0v) is 10.8. The van der Waals surface area contributed by atoms with Crippen LogP contribution in [0.3, 0.4) is 0 Å². The average Bonchev–Trinajstić information content (AvgIpc) is 2.59. The van der Waals surface area contributed by atoms with Gasteiger partial charge in [0.1, 0.15) is 16.8 Å². The van der Waals surface area contributed by atoms with Crippen LogP contribution in [0.5, 0.6) is 0 Å². The van der Waals surface area contributed by atoms with E-state index in [1.54, 1.807) is 6.92 Å². The minimum Gasteiger partial charge on any atom is -0.232 e. The van der Waals surface area contributed by atoms with Crippen molar-refractivity contribution < 1.29 is 13.2 Å². The van der Waals surface area contributed by atoms with Gasteiger partial charge in [-0.05, 0) is 13.8 Å². The summed E-state index contributed by atoms with van der Waals surface area (Å²) in [6.07, 6.45) is -5.56. The third kappa shape index (κ3) is 2.36. The van der Waals surface area contributed by atoms with Crippen molar-refractivity contribution in [2.45, 2.75) is 26.4 Å². The highest BCUT2D eigenvalue weighted by Crippen LogP contribution is 2.29. The smallest absolute Gasteiger partial charge is 0.232 e. The lowest BCUT2D eigenvalue weighted by Crippen LogP contribution is -2.15. The van der Waals surface area contributed by atoms with Gasteiger partial charge in [-0.15, -0.1) is 0 Å². The van der Waals surface area contributed by atoms with Crippen LogP contribution in [0.25, 0.3) is 5.65 Å². The second-order valence-electron chi connectivity index (χ2n) is 4.07. The first-order valence-electron chi connectivity index (χ1n) is 5.25. The van der Waals surface area contributed by atoms with Crippen molar-refractivity contribution in [3.05, 3.63) is 27.7 Å². The third-order valence-corrected chi connectivity index (χ3v) is 3.06. The van der Waals surface area contributed by atoms with E-state index >= 15 is 0 Å². The van der Waals surface area contributed by atoms with Crippen molar-refractivity contribution >= 4 is 17.2 Å². The molecule has 2 rings (SSSR count). The van der Waals surface area contributed by atoms with Crippen molar-refractivity contribution in [3.63, 3.8) is 0 Å². The summed E-state index contributed by atoms with van der Waals surface area (Å²) in [5, 5.41) is 12.8. The molecule has 0 saturated carbocycles. The van der Waals surface area contributed by atoms with Crippen LogP contribution in [0, 0.1) is 25.2 Å². The third-order valence-electron chi connectivity index (χ3n) is 2.67. The standard InChI is InChI=1S/C11H8ClF3N4/c1-5-7(3-11(13,14)15)9(12)19-10(17-5)8(4-16)6(2)18-19/h3H2,1-2H3. The number of hydrogen-bond acceptors (Lipinski definition) is 3. The Balaban J connectivity index is 2.74. The van der Waals surface area contributed by atoms with Crippen molar-refractivity contribution in [2.24, 2.45) is 0 Å². The minimum absolute atomic E-state index is 0.131. The lowest BCUT2D eigenvalue weighted by molar-refractivity contribution is -0.127. The molecule has 0 amide bonds. The van der Waals surface area contributed by atoms with E-state index < -0.39 is 12.6 Å². The van der Waals surface area contributed by atoms with E-state index in [-0.39, 0.29) is 27.6 Å². The topological polar surface area (TPSA) is 54.0 Å². The van der Waals surface area contributed by atoms with Crippen LogP contribution < -0.4 is 0 Å². The average molecular weight is 289 g/mol. The zero-order valence-electron chi connectivity index (χ0n) is 10.0. The number of alkyl halides is 3. The lowest BCUT2D eigenvalue weighted by Gasteiger charge is -2.11. The Bertz CT molecular complexity index is 697. The Morgan fingerprint density at radius 3 is 2.47 bits per heavy atom. The molecule has 0 spiro atoms. The van der Waals surface area contributed by atoms with E-state index in [1.807, 2.05) is 6.07 Å². The molecule has 0 atom stereocenters. The van der Waals surface area contributed by atoms with Gasteiger partial charge in [-0.25, -0.2) is 9.50 Å². The van der Waals surface area contributed by atoms with Crippen LogP contribution in [0.2, 0.25) is 5.15 Å². The number of nitrogens with zero attached hydrogens (tertiary/aromatic N) is 4. The molecule has 0 aliphatic heterocycles. The molecular formula is C11H8ClF3N4. The summed E-state index contributed by atoms with van der Waals surface area (Å²) < 4.78 is 38.5. The van der Waals surface area contributed by atoms with Crippen LogP contribution in [-0.2, 0) is 6.42 Å². The Labute approximate surface area is 111 Å². The summed E-state index contributed by atoms with van der Waals surface area (Å²) in [6.45, 7) is 3.00. The maximum Gasteiger partial charge on any atom is 0.393 e. The van der Waals surface area contributed by atoms with Crippen LogP contribution in [0.1, 0.15) is 22.5 Å². The Kier molecular flexibility index (Phi) is 3.14. The molecule has 0 saturated heterocycles. The summed E-state index contributed by atoms with van der Waals surface area (Å²) in [5.41, 5.74) is 0.775. The Hall–Kier alpha value is -1.81. The fraction of sp³-hybridized carbons (Fsp3) is 0.364. The fourth-order valence-electron chi connectivity index (χ4n) is 1.79. The van der Waals surface area contributed by atoms with Crippen LogP contribution in [0.4, 0.5) is 13.2 Å². The molecule has 0 fully saturated rings. The number of aromatic nitrogens is 3. The van der Waals surface area contributed by atoms with Gasteiger partial charge in [-0.3, -0.25) is 0 Å². The molecule has 0 N–H and O–H groups in total. The number of nitriles is 1. The summed E-state index contributed by atoms with van der Waals surface area (Å²) in [5.74, 6) is 0. The van der Waals surface area contributed by atoms with Crippen molar-refractivity contribution in [1.82, 2.24) is 14.6 Å². The molecule has 0 bridgehead atoms. The molecule has 0 aromatic carbocycles. The van der Waals surface area contributed by atoms with Gasteiger partial charge < -0.3 is 0 Å². The first kappa shape index (κ1) is 13.6. The van der Waals surface area contributed by atoms with Crippen LogP contribution in [0.15, 0.2) is 0 Å². The second-order valence-corrected chi connectivity index (χ2v) is 4.42. The molecule has 0 aliphatic rings. The first-order valence-corrected chi connectivity index (χ1v) is 5.63. The van der Waals surface area contributed by atoms with Gasteiger partial charge in [-0.1, -0.05) is 11.6 Å². The molecule has 0 radical (unpaired) electrons. The van der Waals surface area contributed by atoms with E-state index in [0.717, 1.165) is 4.52 Å². The number of hydrogen-bond donors (Lipinski definition) is 0. The van der Waals surface area contributed by atoms with E-state index in [0.29, 0.717) is 5.69 Å². The van der Waals surface area contributed by atoms with Gasteiger partial charge in [0, 0.05) is 11.3 Å². The van der Waals surface area contributed by atoms with Gasteiger partial charge in [0.2, 0.25) is 0 Å². The monoisotopic (exact) mass is 288 g/mol. The molecule has 0 aliphatic carbocycles. The Morgan fingerprint density at radius 2 is 1.95 bits per heavy atom. The molecule has 2 aromatic rings. The van der Waals surface area contributed by atoms with Gasteiger partial charge >= 0.3 is 6.18 Å². The molecule has 0 unspecified atom stereocenters. The van der Waals surface area contributed by atoms with E-state index in [9.17, 15) is 13.2 Å². The largest absolute Gasteiger partial charge is 0.393 e. The summed E-state index contributed by atoms with van der Waals surface area (Å²) in [7, 11) is 0. The molecular weight excluding hydrogens is 281 g/mol. The lowest BCUT2D eigenvalue weighted by atomic mass is 10.1. The van der Waals surface area contributed by atoms with E-state index in [1.165, 1.54) is 6.92 Å². The quantitative estimate of drug-likeness (QED) is 0.758. The zero-order chi connectivity index (χ0) is 14.4. The summed E-state index contributed by atoms with van der Waals surface area (Å²) in [4.78, 5) is 4.01. The predicted octanol–water partition coefficient (Wildman–Crippen LogP) is 2.98. The molecule has 2 aromatic heterocycles. The van der Waals surface area contributed by atoms with Gasteiger partial charge in [-0.2, -0.15) is 23.5 Å². The molecule has 4 nitrogen and oxygen atoms in total. The van der Waals surface area contributed by atoms with Crippen molar-refractivity contribution in [3.8, 4) is 6.07 Å². The first-order chi connectivity index (χ1) is 8.74. The number of aryl methyl sites for hydroxylation is 2. The highest BCUT2D eigenvalue weighted by atomic mass is 35.5. The molecule has 19 heavy (non-hydrogen) atoms. The van der Waals surface area contributed by atoms with E-state index in [2.05, 4.69) is 10.1 Å². The minimum atomic E-state index is -4.38. The van der Waals surface area contributed by atoms with Gasteiger partial charge in [0.05, 0.1) is 12.1 Å². The van der Waals surface area contributed by atoms with Gasteiger partial charge in [0.15, 0.2) is 5.65 Å².